The molecule has 1 atom stereocenters. The Labute approximate surface area is 124 Å². The number of rotatable bonds is 5. The molecule has 2 rings (SSSR count). The maximum absolute atomic E-state index is 12.7. The van der Waals surface area contributed by atoms with E-state index in [1.165, 1.54) is 0 Å². The van der Waals surface area contributed by atoms with Crippen LogP contribution < -0.4 is 5.32 Å². The lowest BCUT2D eigenvalue weighted by Crippen LogP contribution is -2.35. The van der Waals surface area contributed by atoms with Crippen LogP contribution in [0, 0.1) is 10.1 Å². The number of nitro groups is 1. The average molecular weight is 291 g/mol. The molecular formula is C15H21N3O3. The van der Waals surface area contributed by atoms with E-state index in [1.807, 2.05) is 13.8 Å². The van der Waals surface area contributed by atoms with Gasteiger partial charge in [-0.05, 0) is 38.3 Å². The maximum Gasteiger partial charge on any atom is 0.305 e. The first kappa shape index (κ1) is 15.3. The van der Waals surface area contributed by atoms with Crippen LogP contribution in [-0.4, -0.2) is 34.9 Å². The predicted octanol–water partition coefficient (Wildman–Crippen LogP) is 3.04. The minimum absolute atomic E-state index is 0.119. The molecule has 0 saturated carbocycles. The fourth-order valence-corrected chi connectivity index (χ4v) is 2.93. The third-order valence-corrected chi connectivity index (χ3v) is 3.93. The van der Waals surface area contributed by atoms with E-state index >= 15 is 0 Å². The zero-order valence-corrected chi connectivity index (χ0v) is 12.5. The molecule has 1 aromatic rings. The second kappa shape index (κ2) is 6.56. The Hall–Kier alpha value is -2.11. The number of hydrogen-bond acceptors (Lipinski definition) is 4. The summed E-state index contributed by atoms with van der Waals surface area (Å²) in [4.78, 5) is 25.4. The molecule has 0 radical (unpaired) electrons. The van der Waals surface area contributed by atoms with Gasteiger partial charge in [-0.1, -0.05) is 13.0 Å². The van der Waals surface area contributed by atoms with Crippen molar-refractivity contribution in [2.75, 3.05) is 18.4 Å². The van der Waals surface area contributed by atoms with Crippen LogP contribution in [0.2, 0.25) is 0 Å². The number of nitrogens with zero attached hydrogens (tertiary/aromatic N) is 2. The number of carbonyl (C=O) groups is 1. The monoisotopic (exact) mass is 291 g/mol. The molecule has 1 aromatic carbocycles. The van der Waals surface area contributed by atoms with Crippen LogP contribution >= 0.6 is 0 Å². The van der Waals surface area contributed by atoms with Crippen molar-refractivity contribution in [3.8, 4) is 0 Å². The SMILES string of the molecule is CCNc1cccc(C(=O)N2CCCC2CC)c1[N+](=O)[O-]. The van der Waals surface area contributed by atoms with E-state index in [1.54, 1.807) is 23.1 Å². The van der Waals surface area contributed by atoms with Crippen LogP contribution in [0.3, 0.4) is 0 Å². The lowest BCUT2D eigenvalue weighted by molar-refractivity contribution is -0.384. The molecule has 114 valence electrons. The summed E-state index contributed by atoms with van der Waals surface area (Å²) in [5.74, 6) is -0.231. The largest absolute Gasteiger partial charge is 0.380 e. The van der Waals surface area contributed by atoms with Gasteiger partial charge >= 0.3 is 5.69 Å². The van der Waals surface area contributed by atoms with Gasteiger partial charge in [0.15, 0.2) is 0 Å². The van der Waals surface area contributed by atoms with Crippen molar-refractivity contribution >= 4 is 17.3 Å². The van der Waals surface area contributed by atoms with Crippen molar-refractivity contribution in [1.29, 1.82) is 0 Å². The average Bonchev–Trinajstić information content (AvgIpc) is 2.94. The van der Waals surface area contributed by atoms with Gasteiger partial charge < -0.3 is 10.2 Å². The van der Waals surface area contributed by atoms with Crippen LogP contribution in [0.5, 0.6) is 0 Å². The molecule has 1 aliphatic heterocycles. The Morgan fingerprint density at radius 1 is 1.48 bits per heavy atom. The molecule has 1 N–H and O–H groups in total. The Morgan fingerprint density at radius 3 is 2.86 bits per heavy atom. The molecule has 1 amide bonds. The Balaban J connectivity index is 2.40. The number of nitrogens with one attached hydrogen (secondary N) is 1. The summed E-state index contributed by atoms with van der Waals surface area (Å²) < 4.78 is 0. The summed E-state index contributed by atoms with van der Waals surface area (Å²) in [6.07, 6.45) is 2.82. The van der Waals surface area contributed by atoms with Gasteiger partial charge in [0.05, 0.1) is 4.92 Å². The fourth-order valence-electron chi connectivity index (χ4n) is 2.93. The van der Waals surface area contributed by atoms with Gasteiger partial charge in [0.25, 0.3) is 5.91 Å². The zero-order valence-electron chi connectivity index (χ0n) is 12.5. The summed E-state index contributed by atoms with van der Waals surface area (Å²) in [7, 11) is 0. The predicted molar refractivity (Wildman–Crippen MR) is 81.6 cm³/mol. The molecule has 0 aliphatic carbocycles. The van der Waals surface area contributed by atoms with Crippen LogP contribution in [0.1, 0.15) is 43.5 Å². The minimum Gasteiger partial charge on any atom is -0.380 e. The normalized spacial score (nSPS) is 17.8. The van der Waals surface area contributed by atoms with Crippen molar-refractivity contribution in [3.63, 3.8) is 0 Å². The van der Waals surface area contributed by atoms with E-state index in [4.69, 9.17) is 0 Å². The van der Waals surface area contributed by atoms with Crippen molar-refractivity contribution in [2.45, 2.75) is 39.2 Å². The second-order valence-electron chi connectivity index (χ2n) is 5.19. The van der Waals surface area contributed by atoms with Crippen LogP contribution in [0.25, 0.3) is 0 Å². The summed E-state index contributed by atoms with van der Waals surface area (Å²) in [6.45, 7) is 5.16. The number of nitro benzene ring substituents is 1. The first-order valence-corrected chi connectivity index (χ1v) is 7.42. The van der Waals surface area contributed by atoms with E-state index in [0.29, 0.717) is 18.8 Å². The number of hydrogen-bond donors (Lipinski definition) is 1. The Bertz CT molecular complexity index is 545. The van der Waals surface area contributed by atoms with Crippen molar-refractivity contribution in [2.24, 2.45) is 0 Å². The van der Waals surface area contributed by atoms with E-state index < -0.39 is 4.92 Å². The van der Waals surface area contributed by atoms with Crippen LogP contribution in [-0.2, 0) is 0 Å². The summed E-state index contributed by atoms with van der Waals surface area (Å²) in [5.41, 5.74) is 0.463. The zero-order chi connectivity index (χ0) is 15.4. The summed E-state index contributed by atoms with van der Waals surface area (Å²) in [6, 6.07) is 5.07. The highest BCUT2D eigenvalue weighted by atomic mass is 16.6. The quantitative estimate of drug-likeness (QED) is 0.668. The van der Waals surface area contributed by atoms with Gasteiger partial charge in [-0.15, -0.1) is 0 Å². The van der Waals surface area contributed by atoms with E-state index in [9.17, 15) is 14.9 Å². The maximum atomic E-state index is 12.7. The number of likely N-dealkylation sites (tertiary alicyclic amines) is 1. The van der Waals surface area contributed by atoms with E-state index in [0.717, 1.165) is 19.3 Å². The molecule has 21 heavy (non-hydrogen) atoms. The number of amides is 1. The van der Waals surface area contributed by atoms with Gasteiger partial charge in [0, 0.05) is 19.1 Å². The van der Waals surface area contributed by atoms with Gasteiger partial charge in [-0.2, -0.15) is 0 Å². The molecule has 0 aromatic heterocycles. The van der Waals surface area contributed by atoms with Crippen molar-refractivity contribution in [1.82, 2.24) is 4.90 Å². The van der Waals surface area contributed by atoms with Gasteiger partial charge in [0.2, 0.25) is 0 Å². The summed E-state index contributed by atoms with van der Waals surface area (Å²) >= 11 is 0. The number of anilines is 1. The first-order chi connectivity index (χ1) is 10.1. The fraction of sp³-hybridized carbons (Fsp3) is 0.533. The number of para-hydroxylation sites is 1. The lowest BCUT2D eigenvalue weighted by atomic mass is 10.1. The van der Waals surface area contributed by atoms with Gasteiger partial charge in [-0.3, -0.25) is 14.9 Å². The summed E-state index contributed by atoms with van der Waals surface area (Å²) in [5, 5.41) is 14.3. The van der Waals surface area contributed by atoms with Gasteiger partial charge in [0.1, 0.15) is 11.3 Å². The minimum atomic E-state index is -0.470. The third kappa shape index (κ3) is 2.99. The molecule has 1 heterocycles. The molecule has 6 nitrogen and oxygen atoms in total. The third-order valence-electron chi connectivity index (χ3n) is 3.93. The molecule has 0 spiro atoms. The van der Waals surface area contributed by atoms with E-state index in [2.05, 4.69) is 5.32 Å². The van der Waals surface area contributed by atoms with Crippen molar-refractivity contribution in [3.05, 3.63) is 33.9 Å². The van der Waals surface area contributed by atoms with Crippen molar-refractivity contribution < 1.29 is 9.72 Å². The molecule has 1 fully saturated rings. The number of benzene rings is 1. The van der Waals surface area contributed by atoms with Crippen LogP contribution in [0.4, 0.5) is 11.4 Å². The highest BCUT2D eigenvalue weighted by molar-refractivity contribution is 6.00. The smallest absolute Gasteiger partial charge is 0.305 e. The molecule has 6 heteroatoms. The van der Waals surface area contributed by atoms with Gasteiger partial charge in [-0.25, -0.2) is 0 Å². The number of carbonyl (C=O) groups excluding carboxylic acids is 1. The Morgan fingerprint density at radius 2 is 2.24 bits per heavy atom. The molecule has 1 unspecified atom stereocenters. The highest BCUT2D eigenvalue weighted by Crippen LogP contribution is 2.31. The molecule has 1 aliphatic rings. The molecular weight excluding hydrogens is 270 g/mol. The first-order valence-electron chi connectivity index (χ1n) is 7.42. The lowest BCUT2D eigenvalue weighted by Gasteiger charge is -2.23. The topological polar surface area (TPSA) is 75.5 Å². The molecule has 0 bridgehead atoms. The van der Waals surface area contributed by atoms with Crippen LogP contribution in [0.15, 0.2) is 18.2 Å². The molecule has 1 saturated heterocycles. The second-order valence-corrected chi connectivity index (χ2v) is 5.19. The van der Waals surface area contributed by atoms with E-state index in [-0.39, 0.29) is 23.2 Å². The highest BCUT2D eigenvalue weighted by Gasteiger charge is 2.33. The Kier molecular flexibility index (Phi) is 4.77. The standard InChI is InChI=1S/C15H21N3O3/c1-3-11-7-6-10-17(11)15(19)12-8-5-9-13(16-4-2)14(12)18(20)21/h5,8-9,11,16H,3-4,6-7,10H2,1-2H3.